The first kappa shape index (κ1) is 8.05. The smallest absolute Gasteiger partial charge is 0.222 e. The molecule has 0 N–H and O–H groups in total. The Morgan fingerprint density at radius 1 is 1.42 bits per heavy atom. The Kier molecular flexibility index (Phi) is 2.05. The quantitative estimate of drug-likeness (QED) is 0.580. The molecule has 3 nitrogen and oxygen atoms in total. The summed E-state index contributed by atoms with van der Waals surface area (Å²) >= 11 is 0. The standard InChI is InChI=1S/C9H15NO2/c1-2-9(11)10-5-7-3-4-8(6-10)12-7/h7-8H,2-6H2,1H3. The number of carbonyl (C=O) groups is 1. The molecule has 0 radical (unpaired) electrons. The van der Waals surface area contributed by atoms with Crippen molar-refractivity contribution < 1.29 is 9.53 Å². The first-order valence-corrected chi connectivity index (χ1v) is 4.73. The molecule has 2 aliphatic heterocycles. The molecule has 2 heterocycles. The molecule has 12 heavy (non-hydrogen) atoms. The average Bonchev–Trinajstić information content (AvgIpc) is 2.44. The molecule has 2 bridgehead atoms. The number of ether oxygens (including phenoxy) is 1. The highest BCUT2D eigenvalue weighted by Gasteiger charge is 2.34. The van der Waals surface area contributed by atoms with Crippen LogP contribution in [0.1, 0.15) is 26.2 Å². The van der Waals surface area contributed by atoms with E-state index in [2.05, 4.69) is 0 Å². The molecule has 0 aliphatic carbocycles. The number of fused-ring (bicyclic) bond motifs is 2. The number of amides is 1. The molecule has 2 aliphatic rings. The Balaban J connectivity index is 1.98. The third kappa shape index (κ3) is 1.33. The van der Waals surface area contributed by atoms with Gasteiger partial charge in [-0.2, -0.15) is 0 Å². The fourth-order valence-electron chi connectivity index (χ4n) is 2.04. The van der Waals surface area contributed by atoms with E-state index in [1.54, 1.807) is 0 Å². The highest BCUT2D eigenvalue weighted by atomic mass is 16.5. The van der Waals surface area contributed by atoms with Crippen molar-refractivity contribution >= 4 is 5.91 Å². The maximum atomic E-state index is 11.4. The van der Waals surface area contributed by atoms with E-state index in [0.29, 0.717) is 18.6 Å². The van der Waals surface area contributed by atoms with Gasteiger partial charge >= 0.3 is 0 Å². The third-order valence-electron chi connectivity index (χ3n) is 2.70. The van der Waals surface area contributed by atoms with Crippen molar-refractivity contribution in [2.24, 2.45) is 0 Å². The third-order valence-corrected chi connectivity index (χ3v) is 2.70. The lowest BCUT2D eigenvalue weighted by Crippen LogP contribution is -2.45. The lowest BCUT2D eigenvalue weighted by molar-refractivity contribution is -0.139. The SMILES string of the molecule is CCC(=O)N1CC2CCC(C1)O2. The van der Waals surface area contributed by atoms with Crippen LogP contribution in [0.5, 0.6) is 0 Å². The molecule has 0 aromatic rings. The topological polar surface area (TPSA) is 29.5 Å². The molecular weight excluding hydrogens is 154 g/mol. The maximum Gasteiger partial charge on any atom is 0.222 e. The monoisotopic (exact) mass is 169 g/mol. The Hall–Kier alpha value is -0.570. The number of hydrogen-bond acceptors (Lipinski definition) is 2. The zero-order valence-corrected chi connectivity index (χ0v) is 7.45. The Bertz CT molecular complexity index is 181. The highest BCUT2D eigenvalue weighted by molar-refractivity contribution is 5.76. The van der Waals surface area contributed by atoms with E-state index >= 15 is 0 Å². The van der Waals surface area contributed by atoms with E-state index in [1.807, 2.05) is 11.8 Å². The largest absolute Gasteiger partial charge is 0.371 e. The number of hydrogen-bond donors (Lipinski definition) is 0. The number of nitrogens with zero attached hydrogens (tertiary/aromatic N) is 1. The maximum absolute atomic E-state index is 11.4. The summed E-state index contributed by atoms with van der Waals surface area (Å²) in [4.78, 5) is 13.3. The van der Waals surface area contributed by atoms with E-state index in [-0.39, 0.29) is 5.91 Å². The average molecular weight is 169 g/mol. The number of carbonyl (C=O) groups excluding carboxylic acids is 1. The van der Waals surface area contributed by atoms with Crippen molar-refractivity contribution in [1.29, 1.82) is 0 Å². The fourth-order valence-corrected chi connectivity index (χ4v) is 2.04. The highest BCUT2D eigenvalue weighted by Crippen LogP contribution is 2.26. The molecule has 0 aromatic heterocycles. The van der Waals surface area contributed by atoms with Gasteiger partial charge in [0, 0.05) is 19.5 Å². The molecule has 0 saturated carbocycles. The van der Waals surface area contributed by atoms with Gasteiger partial charge in [-0.3, -0.25) is 4.79 Å². The zero-order valence-electron chi connectivity index (χ0n) is 7.45. The van der Waals surface area contributed by atoms with E-state index < -0.39 is 0 Å². The summed E-state index contributed by atoms with van der Waals surface area (Å²) in [7, 11) is 0. The normalized spacial score (nSPS) is 33.9. The van der Waals surface area contributed by atoms with Gasteiger partial charge in [-0.25, -0.2) is 0 Å². The summed E-state index contributed by atoms with van der Waals surface area (Å²) in [5.74, 6) is 0.273. The predicted octanol–water partition coefficient (Wildman–Crippen LogP) is 0.786. The molecule has 2 saturated heterocycles. The summed E-state index contributed by atoms with van der Waals surface area (Å²) in [6.45, 7) is 3.56. The van der Waals surface area contributed by atoms with Gasteiger partial charge < -0.3 is 9.64 Å². The molecular formula is C9H15NO2. The van der Waals surface area contributed by atoms with Crippen molar-refractivity contribution in [3.8, 4) is 0 Å². The zero-order chi connectivity index (χ0) is 8.55. The second kappa shape index (κ2) is 3.05. The van der Waals surface area contributed by atoms with Crippen LogP contribution in [-0.2, 0) is 9.53 Å². The Morgan fingerprint density at radius 2 is 2.00 bits per heavy atom. The van der Waals surface area contributed by atoms with Crippen LogP contribution < -0.4 is 0 Å². The van der Waals surface area contributed by atoms with Gasteiger partial charge in [-0.05, 0) is 12.8 Å². The predicted molar refractivity (Wildman–Crippen MR) is 44.8 cm³/mol. The second-order valence-corrected chi connectivity index (χ2v) is 3.61. The van der Waals surface area contributed by atoms with E-state index in [4.69, 9.17) is 4.74 Å². The lowest BCUT2D eigenvalue weighted by atomic mass is 10.2. The first-order valence-electron chi connectivity index (χ1n) is 4.73. The molecule has 0 spiro atoms. The van der Waals surface area contributed by atoms with Crippen LogP contribution in [-0.4, -0.2) is 36.1 Å². The molecule has 3 heteroatoms. The van der Waals surface area contributed by atoms with E-state index in [1.165, 1.54) is 0 Å². The molecule has 2 unspecified atom stereocenters. The number of rotatable bonds is 1. The Morgan fingerprint density at radius 3 is 2.50 bits per heavy atom. The van der Waals surface area contributed by atoms with Gasteiger partial charge in [-0.15, -0.1) is 0 Å². The van der Waals surface area contributed by atoms with Crippen LogP contribution in [0, 0.1) is 0 Å². The number of likely N-dealkylation sites (tertiary alicyclic amines) is 1. The molecule has 2 atom stereocenters. The van der Waals surface area contributed by atoms with Gasteiger partial charge in [-0.1, -0.05) is 6.92 Å². The summed E-state index contributed by atoms with van der Waals surface area (Å²) < 4.78 is 5.63. The van der Waals surface area contributed by atoms with Gasteiger partial charge in [0.25, 0.3) is 0 Å². The van der Waals surface area contributed by atoms with Crippen LogP contribution in [0.4, 0.5) is 0 Å². The van der Waals surface area contributed by atoms with Crippen molar-refractivity contribution in [3.63, 3.8) is 0 Å². The molecule has 2 fully saturated rings. The summed E-state index contributed by atoms with van der Waals surface area (Å²) in [6, 6.07) is 0. The molecule has 68 valence electrons. The van der Waals surface area contributed by atoms with Crippen molar-refractivity contribution in [2.45, 2.75) is 38.4 Å². The van der Waals surface area contributed by atoms with Crippen molar-refractivity contribution in [2.75, 3.05) is 13.1 Å². The van der Waals surface area contributed by atoms with Gasteiger partial charge in [0.05, 0.1) is 12.2 Å². The first-order chi connectivity index (χ1) is 5.79. The van der Waals surface area contributed by atoms with Crippen molar-refractivity contribution in [1.82, 2.24) is 4.90 Å². The Labute approximate surface area is 72.7 Å². The van der Waals surface area contributed by atoms with E-state index in [0.717, 1.165) is 25.9 Å². The van der Waals surface area contributed by atoms with Gasteiger partial charge in [0.1, 0.15) is 0 Å². The minimum absolute atomic E-state index is 0.273. The van der Waals surface area contributed by atoms with Crippen molar-refractivity contribution in [3.05, 3.63) is 0 Å². The van der Waals surface area contributed by atoms with Crippen LogP contribution in [0.15, 0.2) is 0 Å². The molecule has 0 aromatic carbocycles. The summed E-state index contributed by atoms with van der Waals surface area (Å²) in [5, 5.41) is 0. The minimum atomic E-state index is 0.273. The fraction of sp³-hybridized carbons (Fsp3) is 0.889. The van der Waals surface area contributed by atoms with E-state index in [9.17, 15) is 4.79 Å². The van der Waals surface area contributed by atoms with Gasteiger partial charge in [0.2, 0.25) is 5.91 Å². The molecule has 2 rings (SSSR count). The number of morpholine rings is 1. The second-order valence-electron chi connectivity index (χ2n) is 3.61. The van der Waals surface area contributed by atoms with Crippen LogP contribution in [0.25, 0.3) is 0 Å². The van der Waals surface area contributed by atoms with Crippen LogP contribution in [0.2, 0.25) is 0 Å². The lowest BCUT2D eigenvalue weighted by Gasteiger charge is -2.31. The minimum Gasteiger partial charge on any atom is -0.371 e. The van der Waals surface area contributed by atoms with Crippen LogP contribution in [0.3, 0.4) is 0 Å². The summed E-state index contributed by atoms with van der Waals surface area (Å²) in [6.07, 6.45) is 3.56. The van der Waals surface area contributed by atoms with Crippen LogP contribution >= 0.6 is 0 Å². The molecule has 1 amide bonds. The summed E-state index contributed by atoms with van der Waals surface area (Å²) in [5.41, 5.74) is 0. The van der Waals surface area contributed by atoms with Gasteiger partial charge in [0.15, 0.2) is 0 Å².